The fourth-order valence-corrected chi connectivity index (χ4v) is 4.15. The molecule has 0 aromatic heterocycles. The number of benzene rings is 2. The van der Waals surface area contributed by atoms with Crippen molar-refractivity contribution in [3.8, 4) is 0 Å². The van der Waals surface area contributed by atoms with E-state index in [9.17, 15) is 0 Å². The summed E-state index contributed by atoms with van der Waals surface area (Å²) in [7, 11) is 2.86. The molecule has 1 unspecified atom stereocenters. The van der Waals surface area contributed by atoms with Gasteiger partial charge in [-0.15, -0.1) is 9.24 Å². The summed E-state index contributed by atoms with van der Waals surface area (Å²) >= 11 is 0. The minimum Gasteiger partial charge on any atom is -0.138 e. The first-order valence-electron chi connectivity index (χ1n) is 9.72. The molecular weight excluding hydrogens is 319 g/mol. The summed E-state index contributed by atoms with van der Waals surface area (Å²) in [5, 5.41) is 0. The van der Waals surface area contributed by atoms with Crippen molar-refractivity contribution < 1.29 is 0 Å². The quantitative estimate of drug-likeness (QED) is 0.367. The summed E-state index contributed by atoms with van der Waals surface area (Å²) in [5.41, 5.74) is 11.7. The summed E-state index contributed by atoms with van der Waals surface area (Å²) in [6.07, 6.45) is 6.41. The van der Waals surface area contributed by atoms with Gasteiger partial charge >= 0.3 is 0 Å². The second-order valence-electron chi connectivity index (χ2n) is 7.63. The molecule has 0 spiro atoms. The fraction of sp³-hybridized carbons (Fsp3) is 0.500. The van der Waals surface area contributed by atoms with Crippen LogP contribution in [0.3, 0.4) is 0 Å². The van der Waals surface area contributed by atoms with Crippen LogP contribution in [0.4, 0.5) is 0 Å². The van der Waals surface area contributed by atoms with Crippen LogP contribution in [0.5, 0.6) is 0 Å². The number of rotatable bonds is 7. The highest BCUT2D eigenvalue weighted by molar-refractivity contribution is 7.16. The molecule has 0 fully saturated rings. The Morgan fingerprint density at radius 2 is 1.12 bits per heavy atom. The first-order chi connectivity index (χ1) is 11.9. The molecule has 0 aliphatic heterocycles. The van der Waals surface area contributed by atoms with E-state index in [1.807, 2.05) is 0 Å². The molecule has 2 rings (SSSR count). The lowest BCUT2D eigenvalue weighted by atomic mass is 9.80. The topological polar surface area (TPSA) is 0 Å². The van der Waals surface area contributed by atoms with Crippen molar-refractivity contribution in [1.29, 1.82) is 0 Å². The predicted molar refractivity (Wildman–Crippen MR) is 116 cm³/mol. The van der Waals surface area contributed by atoms with Gasteiger partial charge in [0.25, 0.3) is 0 Å². The Morgan fingerprint density at radius 3 is 1.56 bits per heavy atom. The molecule has 2 aromatic carbocycles. The van der Waals surface area contributed by atoms with Crippen molar-refractivity contribution in [1.82, 2.24) is 0 Å². The van der Waals surface area contributed by atoms with Crippen molar-refractivity contribution in [3.05, 3.63) is 68.8 Å². The van der Waals surface area contributed by atoms with E-state index in [-0.39, 0.29) is 0 Å². The molecule has 136 valence electrons. The summed E-state index contributed by atoms with van der Waals surface area (Å²) in [6.45, 7) is 13.6. The average molecular weight is 355 g/mol. The molecule has 0 nitrogen and oxygen atoms in total. The second kappa shape index (κ2) is 9.00. The van der Waals surface area contributed by atoms with Crippen molar-refractivity contribution >= 4 is 9.24 Å². The maximum atomic E-state index is 2.86. The van der Waals surface area contributed by atoms with Gasteiger partial charge in [0.2, 0.25) is 0 Å². The summed E-state index contributed by atoms with van der Waals surface area (Å²) in [5.74, 6) is 0.517. The highest BCUT2D eigenvalue weighted by Gasteiger charge is 2.20. The van der Waals surface area contributed by atoms with Crippen LogP contribution in [0.15, 0.2) is 24.3 Å². The van der Waals surface area contributed by atoms with Gasteiger partial charge in [-0.3, -0.25) is 0 Å². The number of aryl methyl sites for hydroxylation is 2. The maximum absolute atomic E-state index is 2.86. The number of hydrogen-bond acceptors (Lipinski definition) is 0. The van der Waals surface area contributed by atoms with E-state index in [0.717, 1.165) is 0 Å². The molecular formula is C24H35P. The van der Waals surface area contributed by atoms with Gasteiger partial charge in [-0.05, 0) is 105 Å². The molecule has 0 saturated carbocycles. The van der Waals surface area contributed by atoms with E-state index in [4.69, 9.17) is 0 Å². The summed E-state index contributed by atoms with van der Waals surface area (Å²) < 4.78 is 0. The summed E-state index contributed by atoms with van der Waals surface area (Å²) in [6, 6.07) is 9.38. The molecule has 0 aliphatic carbocycles. The molecule has 0 aliphatic rings. The molecule has 2 aromatic rings. The van der Waals surface area contributed by atoms with Crippen LogP contribution >= 0.6 is 9.24 Å². The zero-order chi connectivity index (χ0) is 18.6. The van der Waals surface area contributed by atoms with Crippen LogP contribution in [0.2, 0.25) is 0 Å². The SMILES string of the molecule is Cc1ccc(C(CCCCCP)c2ccc(C)c(C)c2C)c(C)c1C. The van der Waals surface area contributed by atoms with Gasteiger partial charge in [-0.1, -0.05) is 37.1 Å². The lowest BCUT2D eigenvalue weighted by Gasteiger charge is -2.25. The first-order valence-corrected chi connectivity index (χ1v) is 10.5. The largest absolute Gasteiger partial charge is 0.138 e. The van der Waals surface area contributed by atoms with Crippen molar-refractivity contribution in [2.45, 2.75) is 73.1 Å². The first kappa shape index (κ1) is 20.2. The lowest BCUT2D eigenvalue weighted by molar-refractivity contribution is 0.616. The molecule has 25 heavy (non-hydrogen) atoms. The molecule has 0 heterocycles. The van der Waals surface area contributed by atoms with Crippen LogP contribution in [0.25, 0.3) is 0 Å². The highest BCUT2D eigenvalue weighted by Crippen LogP contribution is 2.36. The van der Waals surface area contributed by atoms with Gasteiger partial charge in [-0.2, -0.15) is 0 Å². The third-order valence-corrected chi connectivity index (χ3v) is 6.56. The van der Waals surface area contributed by atoms with Gasteiger partial charge in [0.05, 0.1) is 0 Å². The second-order valence-corrected chi connectivity index (χ2v) is 8.21. The minimum absolute atomic E-state index is 0.517. The molecule has 0 amide bonds. The number of unbranched alkanes of at least 4 members (excludes halogenated alkanes) is 2. The Bertz CT molecular complexity index is 670. The lowest BCUT2D eigenvalue weighted by Crippen LogP contribution is -2.08. The average Bonchev–Trinajstić information content (AvgIpc) is 2.60. The molecule has 1 atom stereocenters. The van der Waals surface area contributed by atoms with Gasteiger partial charge in [-0.25, -0.2) is 0 Å². The van der Waals surface area contributed by atoms with E-state index < -0.39 is 0 Å². The van der Waals surface area contributed by atoms with Gasteiger partial charge < -0.3 is 0 Å². The Labute approximate surface area is 157 Å². The maximum Gasteiger partial charge on any atom is 0.00947 e. The van der Waals surface area contributed by atoms with E-state index in [1.54, 1.807) is 0 Å². The van der Waals surface area contributed by atoms with E-state index in [0.29, 0.717) is 5.92 Å². The Balaban J connectivity index is 2.47. The standard InChI is InChI=1S/C24H35P/c1-16-11-13-22(20(5)18(16)3)24(10-8-7-9-15-25)23-14-12-17(2)19(4)21(23)6/h11-14,24H,7-10,15,25H2,1-6H3. The van der Waals surface area contributed by atoms with E-state index in [1.165, 1.54) is 76.4 Å². The zero-order valence-corrected chi connectivity index (χ0v) is 18.2. The van der Waals surface area contributed by atoms with Crippen molar-refractivity contribution in [3.63, 3.8) is 0 Å². The molecule has 1 heteroatoms. The van der Waals surface area contributed by atoms with Gasteiger partial charge in [0.15, 0.2) is 0 Å². The fourth-order valence-electron chi connectivity index (χ4n) is 3.86. The number of hydrogen-bond donors (Lipinski definition) is 0. The van der Waals surface area contributed by atoms with Crippen LogP contribution in [-0.4, -0.2) is 6.16 Å². The van der Waals surface area contributed by atoms with Crippen molar-refractivity contribution in [2.24, 2.45) is 0 Å². The Kier molecular flexibility index (Phi) is 7.26. The minimum atomic E-state index is 0.517. The molecule has 0 N–H and O–H groups in total. The third kappa shape index (κ3) is 4.53. The van der Waals surface area contributed by atoms with Gasteiger partial charge in [0.1, 0.15) is 0 Å². The highest BCUT2D eigenvalue weighted by atomic mass is 31.0. The zero-order valence-electron chi connectivity index (χ0n) is 17.0. The normalized spacial score (nSPS) is 11.4. The monoisotopic (exact) mass is 354 g/mol. The molecule has 0 saturated heterocycles. The summed E-state index contributed by atoms with van der Waals surface area (Å²) in [4.78, 5) is 0. The van der Waals surface area contributed by atoms with E-state index in [2.05, 4.69) is 75.0 Å². The Hall–Kier alpha value is -1.13. The third-order valence-electron chi connectivity index (χ3n) is 6.15. The van der Waals surface area contributed by atoms with E-state index >= 15 is 0 Å². The van der Waals surface area contributed by atoms with Crippen molar-refractivity contribution in [2.75, 3.05) is 6.16 Å². The molecule has 0 radical (unpaired) electrons. The van der Waals surface area contributed by atoms with Crippen LogP contribution in [-0.2, 0) is 0 Å². The van der Waals surface area contributed by atoms with Crippen LogP contribution in [0, 0.1) is 41.5 Å². The van der Waals surface area contributed by atoms with Crippen LogP contribution in [0.1, 0.15) is 76.1 Å². The smallest absolute Gasteiger partial charge is 0.00947 e. The van der Waals surface area contributed by atoms with Gasteiger partial charge in [0, 0.05) is 5.92 Å². The van der Waals surface area contributed by atoms with Crippen LogP contribution < -0.4 is 0 Å². The Morgan fingerprint density at radius 1 is 0.640 bits per heavy atom. The predicted octanol–water partition coefficient (Wildman–Crippen LogP) is 7.10. The molecule has 0 bridgehead atoms.